The number of hydrogen-bond acceptors (Lipinski definition) is 1. The molecule has 0 aliphatic carbocycles. The van der Waals surface area contributed by atoms with Crippen LogP contribution >= 0.6 is 23.2 Å². The summed E-state index contributed by atoms with van der Waals surface area (Å²) in [6, 6.07) is 14.6. The molecule has 3 heteroatoms. The quantitative estimate of drug-likeness (QED) is 0.796. The van der Waals surface area contributed by atoms with Gasteiger partial charge in [-0.25, -0.2) is 0 Å². The predicted octanol–water partition coefficient (Wildman–Crippen LogP) is 4.92. The first kappa shape index (κ1) is 16.4. The molecule has 0 saturated heterocycles. The van der Waals surface area contributed by atoms with Gasteiger partial charge in [0.1, 0.15) is 0 Å². The van der Waals surface area contributed by atoms with Crippen LogP contribution in [0.2, 0.25) is 10.0 Å². The minimum absolute atomic E-state index is 0.536. The van der Waals surface area contributed by atoms with Gasteiger partial charge < -0.3 is 5.32 Å². The molecule has 2 rings (SSSR count). The van der Waals surface area contributed by atoms with Crippen molar-refractivity contribution in [3.8, 4) is 0 Å². The molecular formula is C18H21Cl2N. The van der Waals surface area contributed by atoms with Crippen LogP contribution in [0.5, 0.6) is 0 Å². The number of halogens is 2. The lowest BCUT2D eigenvalue weighted by molar-refractivity contribution is 0.493. The molecule has 21 heavy (non-hydrogen) atoms. The summed E-state index contributed by atoms with van der Waals surface area (Å²) in [4.78, 5) is 0. The Hall–Kier alpha value is -1.02. The largest absolute Gasteiger partial charge is 0.319 e. The summed E-state index contributed by atoms with van der Waals surface area (Å²) in [5, 5.41) is 4.54. The zero-order chi connectivity index (χ0) is 15.2. The molecule has 2 aromatic carbocycles. The van der Waals surface area contributed by atoms with Crippen molar-refractivity contribution in [2.45, 2.75) is 19.8 Å². The van der Waals surface area contributed by atoms with Gasteiger partial charge in [-0.2, -0.15) is 0 Å². The van der Waals surface area contributed by atoms with E-state index in [1.54, 1.807) is 0 Å². The van der Waals surface area contributed by atoms with Crippen molar-refractivity contribution in [2.24, 2.45) is 5.92 Å². The maximum atomic E-state index is 6.11. The molecule has 0 spiro atoms. The monoisotopic (exact) mass is 321 g/mol. The fourth-order valence-electron chi connectivity index (χ4n) is 2.68. The van der Waals surface area contributed by atoms with Gasteiger partial charge in [-0.1, -0.05) is 59.1 Å². The van der Waals surface area contributed by atoms with E-state index in [0.717, 1.165) is 19.4 Å². The summed E-state index contributed by atoms with van der Waals surface area (Å²) in [6.07, 6.45) is 2.05. The third-order valence-electron chi connectivity index (χ3n) is 3.61. The Morgan fingerprint density at radius 3 is 2.29 bits per heavy atom. The predicted molar refractivity (Wildman–Crippen MR) is 92.5 cm³/mol. The van der Waals surface area contributed by atoms with Crippen LogP contribution in [0, 0.1) is 12.8 Å². The average molecular weight is 322 g/mol. The molecule has 0 aliphatic rings. The molecule has 1 unspecified atom stereocenters. The highest BCUT2D eigenvalue weighted by Gasteiger charge is 2.11. The van der Waals surface area contributed by atoms with Crippen molar-refractivity contribution in [3.63, 3.8) is 0 Å². The summed E-state index contributed by atoms with van der Waals surface area (Å²) >= 11 is 12.1. The molecule has 1 nitrogen and oxygen atoms in total. The highest BCUT2D eigenvalue weighted by Crippen LogP contribution is 2.24. The van der Waals surface area contributed by atoms with E-state index in [1.807, 2.05) is 19.2 Å². The topological polar surface area (TPSA) is 12.0 Å². The maximum Gasteiger partial charge on any atom is 0.0595 e. The zero-order valence-electron chi connectivity index (χ0n) is 12.5. The third kappa shape index (κ3) is 5.03. The average Bonchev–Trinajstić information content (AvgIpc) is 2.43. The first-order valence-corrected chi connectivity index (χ1v) is 7.98. The lowest BCUT2D eigenvalue weighted by Crippen LogP contribution is -2.22. The van der Waals surface area contributed by atoms with E-state index in [4.69, 9.17) is 23.2 Å². The van der Waals surface area contributed by atoms with E-state index in [0.29, 0.717) is 16.0 Å². The molecular weight excluding hydrogens is 301 g/mol. The Morgan fingerprint density at radius 1 is 0.952 bits per heavy atom. The molecule has 0 fully saturated rings. The highest BCUT2D eigenvalue weighted by molar-refractivity contribution is 6.42. The molecule has 0 heterocycles. The Kier molecular flexibility index (Phi) is 6.10. The smallest absolute Gasteiger partial charge is 0.0595 e. The van der Waals surface area contributed by atoms with Gasteiger partial charge in [0.15, 0.2) is 0 Å². The summed E-state index contributed by atoms with van der Waals surface area (Å²) in [7, 11) is 2.00. The molecule has 1 atom stereocenters. The Bertz CT molecular complexity index is 596. The molecule has 2 aromatic rings. The summed E-state index contributed by atoms with van der Waals surface area (Å²) in [5.41, 5.74) is 3.93. The van der Waals surface area contributed by atoms with Gasteiger partial charge in [-0.3, -0.25) is 0 Å². The first-order chi connectivity index (χ1) is 10.1. The third-order valence-corrected chi connectivity index (χ3v) is 4.35. The lowest BCUT2D eigenvalue weighted by Gasteiger charge is -2.17. The van der Waals surface area contributed by atoms with Crippen LogP contribution in [-0.4, -0.2) is 13.6 Å². The van der Waals surface area contributed by atoms with E-state index in [9.17, 15) is 0 Å². The van der Waals surface area contributed by atoms with Crippen LogP contribution in [0.15, 0.2) is 42.5 Å². The van der Waals surface area contributed by atoms with Gasteiger partial charge in [0.25, 0.3) is 0 Å². The summed E-state index contributed by atoms with van der Waals surface area (Å²) in [6.45, 7) is 3.11. The van der Waals surface area contributed by atoms with Crippen LogP contribution in [0.1, 0.15) is 16.7 Å². The molecule has 112 valence electrons. The van der Waals surface area contributed by atoms with E-state index in [2.05, 4.69) is 42.6 Å². The highest BCUT2D eigenvalue weighted by atomic mass is 35.5. The van der Waals surface area contributed by atoms with Gasteiger partial charge in [-0.15, -0.1) is 0 Å². The Morgan fingerprint density at radius 2 is 1.67 bits per heavy atom. The zero-order valence-corrected chi connectivity index (χ0v) is 14.0. The van der Waals surface area contributed by atoms with Crippen molar-refractivity contribution in [2.75, 3.05) is 13.6 Å². The van der Waals surface area contributed by atoms with Crippen molar-refractivity contribution in [3.05, 3.63) is 69.2 Å². The van der Waals surface area contributed by atoms with E-state index >= 15 is 0 Å². The van der Waals surface area contributed by atoms with Crippen LogP contribution in [0.25, 0.3) is 0 Å². The van der Waals surface area contributed by atoms with E-state index in [1.165, 1.54) is 16.7 Å². The van der Waals surface area contributed by atoms with Crippen LogP contribution < -0.4 is 5.32 Å². The summed E-state index contributed by atoms with van der Waals surface area (Å²) < 4.78 is 0. The minimum Gasteiger partial charge on any atom is -0.319 e. The minimum atomic E-state index is 0.536. The SMILES string of the molecule is CNCC(Cc1cccc(C)c1)Cc1ccc(Cl)c(Cl)c1. The van der Waals surface area contributed by atoms with Crippen LogP contribution in [0.4, 0.5) is 0 Å². The molecule has 0 bridgehead atoms. The molecule has 0 amide bonds. The van der Waals surface area contributed by atoms with E-state index in [-0.39, 0.29) is 0 Å². The van der Waals surface area contributed by atoms with Gasteiger partial charge >= 0.3 is 0 Å². The maximum absolute atomic E-state index is 6.11. The number of nitrogens with one attached hydrogen (secondary N) is 1. The van der Waals surface area contributed by atoms with Crippen molar-refractivity contribution in [1.82, 2.24) is 5.32 Å². The van der Waals surface area contributed by atoms with E-state index < -0.39 is 0 Å². The van der Waals surface area contributed by atoms with Gasteiger partial charge in [0, 0.05) is 0 Å². The molecule has 0 radical (unpaired) electrons. The van der Waals surface area contributed by atoms with Gasteiger partial charge in [0.2, 0.25) is 0 Å². The summed E-state index contributed by atoms with van der Waals surface area (Å²) in [5.74, 6) is 0.536. The number of aryl methyl sites for hydroxylation is 1. The van der Waals surface area contributed by atoms with Gasteiger partial charge in [0.05, 0.1) is 10.0 Å². The molecule has 0 aromatic heterocycles. The number of hydrogen-bond donors (Lipinski definition) is 1. The Labute approximate surface area is 137 Å². The molecule has 0 aliphatic heterocycles. The Balaban J connectivity index is 2.09. The van der Waals surface area contributed by atoms with Crippen LogP contribution in [0.3, 0.4) is 0 Å². The standard InChI is InChI=1S/C18H21Cl2N/c1-13-4-3-5-14(8-13)9-16(12-21-2)10-15-6-7-17(19)18(20)11-15/h3-8,11,16,21H,9-10,12H2,1-2H3. The second-order valence-electron chi connectivity index (χ2n) is 5.57. The van der Waals surface area contributed by atoms with Crippen molar-refractivity contribution >= 4 is 23.2 Å². The fourth-order valence-corrected chi connectivity index (χ4v) is 3.00. The first-order valence-electron chi connectivity index (χ1n) is 7.22. The van der Waals surface area contributed by atoms with Crippen LogP contribution in [-0.2, 0) is 12.8 Å². The number of benzene rings is 2. The number of rotatable bonds is 6. The normalized spacial score (nSPS) is 12.4. The molecule has 1 N–H and O–H groups in total. The second kappa shape index (κ2) is 7.84. The van der Waals surface area contributed by atoms with Crippen molar-refractivity contribution in [1.29, 1.82) is 0 Å². The van der Waals surface area contributed by atoms with Gasteiger partial charge in [-0.05, 0) is 62.5 Å². The second-order valence-corrected chi connectivity index (χ2v) is 6.38. The fraction of sp³-hybridized carbons (Fsp3) is 0.333. The van der Waals surface area contributed by atoms with Crippen molar-refractivity contribution < 1.29 is 0 Å². The lowest BCUT2D eigenvalue weighted by atomic mass is 9.92. The molecule has 0 saturated carbocycles.